The van der Waals surface area contributed by atoms with Crippen molar-refractivity contribution < 1.29 is 18.3 Å². The first-order valence-electron chi connectivity index (χ1n) is 5.47. The van der Waals surface area contributed by atoms with Crippen LogP contribution in [0.2, 0.25) is 0 Å². The first-order chi connectivity index (χ1) is 7.88. The lowest BCUT2D eigenvalue weighted by molar-refractivity contribution is 0.199. The van der Waals surface area contributed by atoms with Crippen LogP contribution in [-0.4, -0.2) is 32.1 Å². The summed E-state index contributed by atoms with van der Waals surface area (Å²) in [4.78, 5) is 0. The van der Waals surface area contributed by atoms with Crippen LogP contribution in [-0.2, 0) is 9.84 Å². The van der Waals surface area contributed by atoms with Gasteiger partial charge in [-0.15, -0.1) is 0 Å². The fourth-order valence-electron chi connectivity index (χ4n) is 1.35. The summed E-state index contributed by atoms with van der Waals surface area (Å²) in [5.74, 6) is 0.821. The van der Waals surface area contributed by atoms with Crippen LogP contribution >= 0.6 is 0 Å². The van der Waals surface area contributed by atoms with E-state index in [-0.39, 0.29) is 5.75 Å². The molecule has 0 aliphatic rings. The van der Waals surface area contributed by atoms with Crippen molar-refractivity contribution in [3.8, 4) is 5.75 Å². The van der Waals surface area contributed by atoms with Gasteiger partial charge in [0, 0.05) is 6.26 Å². The van der Waals surface area contributed by atoms with Crippen LogP contribution in [0.25, 0.3) is 0 Å². The van der Waals surface area contributed by atoms with Crippen molar-refractivity contribution in [2.45, 2.75) is 19.4 Å². The van der Waals surface area contributed by atoms with Gasteiger partial charge < -0.3 is 9.84 Å². The Hall–Kier alpha value is -1.07. The monoisotopic (exact) mass is 258 g/mol. The molecule has 96 valence electrons. The van der Waals surface area contributed by atoms with E-state index in [2.05, 4.69) is 0 Å². The second-order valence-electron chi connectivity index (χ2n) is 4.08. The Balaban J connectivity index is 2.37. The first kappa shape index (κ1) is 14.0. The number of hydrogen-bond donors (Lipinski definition) is 1. The molecule has 1 aromatic rings. The third kappa shape index (κ3) is 5.70. The number of ether oxygens (including phenoxy) is 1. The molecular formula is C12H18O4S. The lowest BCUT2D eigenvalue weighted by Crippen LogP contribution is -2.08. The van der Waals surface area contributed by atoms with Crippen LogP contribution in [0.4, 0.5) is 0 Å². The van der Waals surface area contributed by atoms with E-state index >= 15 is 0 Å². The van der Waals surface area contributed by atoms with Crippen LogP contribution < -0.4 is 4.74 Å². The average Bonchev–Trinajstić information content (AvgIpc) is 2.24. The number of aliphatic hydroxyl groups is 1. The van der Waals surface area contributed by atoms with Gasteiger partial charge in [-0.1, -0.05) is 12.1 Å². The summed E-state index contributed by atoms with van der Waals surface area (Å²) in [5.41, 5.74) is 0.827. The second kappa shape index (κ2) is 6.02. The highest BCUT2D eigenvalue weighted by Crippen LogP contribution is 2.17. The molecular weight excluding hydrogens is 240 g/mol. The van der Waals surface area contributed by atoms with Gasteiger partial charge in [0.05, 0.1) is 18.5 Å². The van der Waals surface area contributed by atoms with Crippen molar-refractivity contribution in [1.82, 2.24) is 0 Å². The standard InChI is InChI=1S/C12H18O4S/c1-10(13)11-4-6-12(7-5-11)16-8-3-9-17(2,14)15/h4-7,10,13H,3,8-9H2,1-2H3/t10-/m0/s1. The van der Waals surface area contributed by atoms with E-state index in [4.69, 9.17) is 4.74 Å². The Morgan fingerprint density at radius 1 is 1.29 bits per heavy atom. The molecule has 0 saturated carbocycles. The van der Waals surface area contributed by atoms with E-state index < -0.39 is 15.9 Å². The van der Waals surface area contributed by atoms with Gasteiger partial charge in [-0.3, -0.25) is 0 Å². The zero-order chi connectivity index (χ0) is 12.9. The smallest absolute Gasteiger partial charge is 0.147 e. The Labute approximate surface area is 102 Å². The predicted molar refractivity (Wildman–Crippen MR) is 66.9 cm³/mol. The molecule has 5 heteroatoms. The molecule has 0 aliphatic heterocycles. The van der Waals surface area contributed by atoms with Gasteiger partial charge in [-0.25, -0.2) is 8.42 Å². The molecule has 0 saturated heterocycles. The molecule has 17 heavy (non-hydrogen) atoms. The van der Waals surface area contributed by atoms with E-state index in [9.17, 15) is 13.5 Å². The van der Waals surface area contributed by atoms with Crippen LogP contribution in [0.3, 0.4) is 0 Å². The zero-order valence-electron chi connectivity index (χ0n) is 10.1. The summed E-state index contributed by atoms with van der Waals surface area (Å²) in [7, 11) is -2.91. The molecule has 4 nitrogen and oxygen atoms in total. The van der Waals surface area contributed by atoms with Crippen LogP contribution in [0.15, 0.2) is 24.3 Å². The summed E-state index contributed by atoms with van der Waals surface area (Å²) in [6, 6.07) is 7.11. The van der Waals surface area contributed by atoms with Crippen molar-refractivity contribution in [3.63, 3.8) is 0 Å². The second-order valence-corrected chi connectivity index (χ2v) is 6.34. The lowest BCUT2D eigenvalue weighted by Gasteiger charge is -2.08. The maximum absolute atomic E-state index is 10.9. The van der Waals surface area contributed by atoms with Gasteiger partial charge >= 0.3 is 0 Å². The molecule has 1 N–H and O–H groups in total. The van der Waals surface area contributed by atoms with Gasteiger partial charge in [0.15, 0.2) is 0 Å². The third-order valence-electron chi connectivity index (χ3n) is 2.29. The summed E-state index contributed by atoms with van der Waals surface area (Å²) in [6.45, 7) is 2.07. The number of sulfone groups is 1. The highest BCUT2D eigenvalue weighted by molar-refractivity contribution is 7.90. The molecule has 0 unspecified atom stereocenters. The molecule has 0 aliphatic carbocycles. The van der Waals surface area contributed by atoms with Crippen molar-refractivity contribution in [1.29, 1.82) is 0 Å². The Morgan fingerprint density at radius 2 is 1.88 bits per heavy atom. The predicted octanol–water partition coefficient (Wildman–Crippen LogP) is 1.55. The quantitative estimate of drug-likeness (QED) is 0.786. The Morgan fingerprint density at radius 3 is 2.35 bits per heavy atom. The largest absolute Gasteiger partial charge is 0.494 e. The number of rotatable bonds is 6. The molecule has 1 aromatic carbocycles. The van der Waals surface area contributed by atoms with Crippen LogP contribution in [0, 0.1) is 0 Å². The highest BCUT2D eigenvalue weighted by atomic mass is 32.2. The van der Waals surface area contributed by atoms with E-state index in [0.717, 1.165) is 5.56 Å². The molecule has 0 heterocycles. The average molecular weight is 258 g/mol. The summed E-state index contributed by atoms with van der Waals surface area (Å²) < 4.78 is 27.1. The number of aliphatic hydroxyl groups excluding tert-OH is 1. The maximum Gasteiger partial charge on any atom is 0.147 e. The summed E-state index contributed by atoms with van der Waals surface area (Å²) in [5, 5.41) is 9.31. The summed E-state index contributed by atoms with van der Waals surface area (Å²) >= 11 is 0. The SMILES string of the molecule is C[C@H](O)c1ccc(OCCCS(C)(=O)=O)cc1. The number of benzene rings is 1. The third-order valence-corrected chi connectivity index (χ3v) is 3.32. The van der Waals surface area contributed by atoms with Crippen LogP contribution in [0.5, 0.6) is 5.75 Å². The molecule has 0 spiro atoms. The topological polar surface area (TPSA) is 63.6 Å². The molecule has 0 amide bonds. The van der Waals surface area contributed by atoms with E-state index in [1.807, 2.05) is 0 Å². The molecule has 0 aromatic heterocycles. The van der Waals surface area contributed by atoms with Gasteiger partial charge in [0.25, 0.3) is 0 Å². The van der Waals surface area contributed by atoms with Gasteiger partial charge in [-0.05, 0) is 31.0 Å². The lowest BCUT2D eigenvalue weighted by atomic mass is 10.1. The maximum atomic E-state index is 10.9. The number of hydrogen-bond acceptors (Lipinski definition) is 4. The minimum atomic E-state index is -2.91. The molecule has 1 atom stereocenters. The summed E-state index contributed by atoms with van der Waals surface area (Å²) in [6.07, 6.45) is 1.20. The fourth-order valence-corrected chi connectivity index (χ4v) is 2.00. The van der Waals surface area contributed by atoms with Crippen molar-refractivity contribution in [2.24, 2.45) is 0 Å². The van der Waals surface area contributed by atoms with Gasteiger partial charge in [0.2, 0.25) is 0 Å². The first-order valence-corrected chi connectivity index (χ1v) is 7.53. The Bertz CT molecular complexity index is 434. The van der Waals surface area contributed by atoms with Gasteiger partial charge in [-0.2, -0.15) is 0 Å². The minimum Gasteiger partial charge on any atom is -0.494 e. The van der Waals surface area contributed by atoms with Crippen molar-refractivity contribution >= 4 is 9.84 Å². The highest BCUT2D eigenvalue weighted by Gasteiger charge is 2.03. The van der Waals surface area contributed by atoms with Gasteiger partial charge in [0.1, 0.15) is 15.6 Å². The molecule has 0 radical (unpaired) electrons. The van der Waals surface area contributed by atoms with Crippen molar-refractivity contribution in [3.05, 3.63) is 29.8 Å². The Kier molecular flexibility index (Phi) is 4.96. The molecule has 0 bridgehead atoms. The van der Waals surface area contributed by atoms with E-state index in [1.54, 1.807) is 31.2 Å². The molecule has 0 fully saturated rings. The van der Waals surface area contributed by atoms with Crippen molar-refractivity contribution in [2.75, 3.05) is 18.6 Å². The minimum absolute atomic E-state index is 0.138. The van der Waals surface area contributed by atoms with Crippen LogP contribution in [0.1, 0.15) is 25.0 Å². The van der Waals surface area contributed by atoms with E-state index in [0.29, 0.717) is 18.8 Å². The fraction of sp³-hybridized carbons (Fsp3) is 0.500. The van der Waals surface area contributed by atoms with E-state index in [1.165, 1.54) is 6.26 Å². The zero-order valence-corrected chi connectivity index (χ0v) is 10.9. The molecule has 1 rings (SSSR count). The normalized spacial score (nSPS) is 13.4.